The molecule has 96 valence electrons. The van der Waals surface area contributed by atoms with E-state index in [0.717, 1.165) is 5.56 Å². The van der Waals surface area contributed by atoms with Crippen molar-refractivity contribution in [2.45, 2.75) is 19.4 Å². The molecule has 0 bridgehead atoms. The molecule has 5 nitrogen and oxygen atoms in total. The molecule has 1 fully saturated rings. The number of carbonyl (C=O) groups excluding carboxylic acids is 2. The topological polar surface area (TPSA) is 69.6 Å². The van der Waals surface area contributed by atoms with Gasteiger partial charge in [-0.2, -0.15) is 0 Å². The minimum atomic E-state index is -0.391. The van der Waals surface area contributed by atoms with E-state index in [1.807, 2.05) is 12.1 Å². The summed E-state index contributed by atoms with van der Waals surface area (Å²) in [5.41, 5.74) is 1.71. The quantitative estimate of drug-likeness (QED) is 0.795. The van der Waals surface area contributed by atoms with Gasteiger partial charge in [0.15, 0.2) is 0 Å². The fraction of sp³-hybridized carbons (Fsp3) is 0.385. The number of aliphatic hydroxyl groups is 1. The predicted molar refractivity (Wildman–Crippen MR) is 67.2 cm³/mol. The second-order valence-corrected chi connectivity index (χ2v) is 4.48. The first-order valence-corrected chi connectivity index (χ1v) is 5.90. The third-order valence-corrected chi connectivity index (χ3v) is 2.82. The van der Waals surface area contributed by atoms with Crippen molar-refractivity contribution in [2.75, 3.05) is 18.0 Å². The van der Waals surface area contributed by atoms with Crippen LogP contribution in [0.4, 0.5) is 5.69 Å². The van der Waals surface area contributed by atoms with Crippen LogP contribution in [0.3, 0.4) is 0 Å². The Labute approximate surface area is 105 Å². The van der Waals surface area contributed by atoms with Crippen LogP contribution in [0.15, 0.2) is 24.3 Å². The number of nitrogens with one attached hydrogen (secondary N) is 1. The maximum absolute atomic E-state index is 11.7. The van der Waals surface area contributed by atoms with Gasteiger partial charge < -0.3 is 15.3 Å². The lowest BCUT2D eigenvalue weighted by Crippen LogP contribution is -2.51. The van der Waals surface area contributed by atoms with Crippen molar-refractivity contribution in [2.24, 2.45) is 0 Å². The fourth-order valence-corrected chi connectivity index (χ4v) is 1.95. The summed E-state index contributed by atoms with van der Waals surface area (Å²) >= 11 is 0. The van der Waals surface area contributed by atoms with Crippen LogP contribution in [-0.4, -0.2) is 36.1 Å². The third kappa shape index (κ3) is 2.87. The van der Waals surface area contributed by atoms with E-state index in [2.05, 4.69) is 5.32 Å². The molecule has 1 saturated heterocycles. The van der Waals surface area contributed by atoms with Crippen LogP contribution in [0.1, 0.15) is 12.5 Å². The first kappa shape index (κ1) is 12.6. The molecule has 1 aliphatic heterocycles. The molecule has 18 heavy (non-hydrogen) atoms. The summed E-state index contributed by atoms with van der Waals surface area (Å²) < 4.78 is 0. The fourth-order valence-electron chi connectivity index (χ4n) is 1.95. The molecule has 1 aromatic carbocycles. The van der Waals surface area contributed by atoms with Gasteiger partial charge in [-0.05, 0) is 31.0 Å². The summed E-state index contributed by atoms with van der Waals surface area (Å²) in [6.45, 7) is 1.84. The lowest BCUT2D eigenvalue weighted by Gasteiger charge is -2.26. The average molecular weight is 248 g/mol. The van der Waals surface area contributed by atoms with Gasteiger partial charge in [-0.25, -0.2) is 0 Å². The number of hydrogen-bond donors (Lipinski definition) is 2. The number of carbonyl (C=O) groups is 2. The average Bonchev–Trinajstić information content (AvgIpc) is 2.33. The van der Waals surface area contributed by atoms with E-state index < -0.39 is 6.10 Å². The largest absolute Gasteiger partial charge is 0.393 e. The molecule has 0 saturated carbocycles. The molecule has 2 amide bonds. The highest BCUT2D eigenvalue weighted by Crippen LogP contribution is 2.17. The van der Waals surface area contributed by atoms with Crippen molar-refractivity contribution < 1.29 is 14.7 Å². The standard InChI is InChI=1S/C13H16N2O3/c1-9(16)6-10-2-4-11(5-3-10)15-8-12(17)14-7-13(15)18/h2-5,9,16H,6-8H2,1H3,(H,14,17). The van der Waals surface area contributed by atoms with Crippen molar-refractivity contribution >= 4 is 17.5 Å². The number of anilines is 1. The van der Waals surface area contributed by atoms with Gasteiger partial charge in [0.2, 0.25) is 11.8 Å². The molecule has 0 radical (unpaired) electrons. The van der Waals surface area contributed by atoms with Crippen LogP contribution < -0.4 is 10.2 Å². The second-order valence-electron chi connectivity index (χ2n) is 4.48. The Hall–Kier alpha value is -1.88. The van der Waals surface area contributed by atoms with E-state index in [9.17, 15) is 14.7 Å². The molecule has 5 heteroatoms. The SMILES string of the molecule is CC(O)Cc1ccc(N2CC(=O)NCC2=O)cc1. The Balaban J connectivity index is 2.13. The van der Waals surface area contributed by atoms with Crippen LogP contribution in [0.25, 0.3) is 0 Å². The molecule has 1 aliphatic rings. The Kier molecular flexibility index (Phi) is 3.62. The molecular formula is C13H16N2O3. The van der Waals surface area contributed by atoms with E-state index in [1.165, 1.54) is 4.90 Å². The monoisotopic (exact) mass is 248 g/mol. The highest BCUT2D eigenvalue weighted by atomic mass is 16.3. The number of benzene rings is 1. The first-order valence-electron chi connectivity index (χ1n) is 5.90. The molecule has 0 spiro atoms. The number of amides is 2. The lowest BCUT2D eigenvalue weighted by molar-refractivity contribution is -0.128. The smallest absolute Gasteiger partial charge is 0.246 e. The molecule has 2 N–H and O–H groups in total. The van der Waals surface area contributed by atoms with Gasteiger partial charge in [0.1, 0.15) is 6.54 Å². The van der Waals surface area contributed by atoms with Crippen LogP contribution in [-0.2, 0) is 16.0 Å². The highest BCUT2D eigenvalue weighted by Gasteiger charge is 2.24. The summed E-state index contributed by atoms with van der Waals surface area (Å²) in [6.07, 6.45) is 0.188. The molecule has 0 aliphatic carbocycles. The van der Waals surface area contributed by atoms with Crippen molar-refractivity contribution in [1.29, 1.82) is 0 Å². The zero-order valence-electron chi connectivity index (χ0n) is 10.2. The maximum atomic E-state index is 11.7. The van der Waals surface area contributed by atoms with Crippen LogP contribution in [0.5, 0.6) is 0 Å². The molecule has 1 atom stereocenters. The Morgan fingerprint density at radius 3 is 2.61 bits per heavy atom. The van der Waals surface area contributed by atoms with Gasteiger partial charge >= 0.3 is 0 Å². The van der Waals surface area contributed by atoms with Crippen molar-refractivity contribution in [3.05, 3.63) is 29.8 Å². The Morgan fingerprint density at radius 2 is 2.00 bits per heavy atom. The summed E-state index contributed by atoms with van der Waals surface area (Å²) in [5.74, 6) is -0.263. The summed E-state index contributed by atoms with van der Waals surface area (Å²) in [5, 5.41) is 11.8. The first-order chi connectivity index (χ1) is 8.56. The Morgan fingerprint density at radius 1 is 1.33 bits per heavy atom. The number of nitrogens with zero attached hydrogens (tertiary/aromatic N) is 1. The number of aliphatic hydroxyl groups excluding tert-OH is 1. The number of hydrogen-bond acceptors (Lipinski definition) is 3. The Bertz CT molecular complexity index is 454. The molecular weight excluding hydrogens is 232 g/mol. The predicted octanol–water partition coefficient (Wildman–Crippen LogP) is 0.0727. The minimum absolute atomic E-state index is 0.0499. The summed E-state index contributed by atoms with van der Waals surface area (Å²) in [4.78, 5) is 24.4. The van der Waals surface area contributed by atoms with Crippen LogP contribution >= 0.6 is 0 Å². The second kappa shape index (κ2) is 5.18. The zero-order valence-corrected chi connectivity index (χ0v) is 10.2. The van der Waals surface area contributed by atoms with Crippen molar-refractivity contribution in [3.63, 3.8) is 0 Å². The highest BCUT2D eigenvalue weighted by molar-refractivity contribution is 6.04. The van der Waals surface area contributed by atoms with E-state index in [4.69, 9.17) is 0 Å². The number of piperazine rings is 1. The van der Waals surface area contributed by atoms with Crippen LogP contribution in [0, 0.1) is 0 Å². The zero-order chi connectivity index (χ0) is 13.1. The molecule has 0 aromatic heterocycles. The molecule has 2 rings (SSSR count). The summed E-state index contributed by atoms with van der Waals surface area (Å²) in [6, 6.07) is 7.33. The van der Waals surface area contributed by atoms with E-state index in [-0.39, 0.29) is 24.9 Å². The van der Waals surface area contributed by atoms with Gasteiger partial charge in [0, 0.05) is 5.69 Å². The third-order valence-electron chi connectivity index (χ3n) is 2.82. The summed E-state index contributed by atoms with van der Waals surface area (Å²) in [7, 11) is 0. The lowest BCUT2D eigenvalue weighted by atomic mass is 10.1. The maximum Gasteiger partial charge on any atom is 0.246 e. The van der Waals surface area contributed by atoms with Crippen molar-refractivity contribution in [1.82, 2.24) is 5.32 Å². The van der Waals surface area contributed by atoms with E-state index >= 15 is 0 Å². The van der Waals surface area contributed by atoms with E-state index in [1.54, 1.807) is 19.1 Å². The van der Waals surface area contributed by atoms with Gasteiger partial charge in [-0.15, -0.1) is 0 Å². The normalized spacial score (nSPS) is 17.6. The number of rotatable bonds is 3. The minimum Gasteiger partial charge on any atom is -0.393 e. The molecule has 1 unspecified atom stereocenters. The van der Waals surface area contributed by atoms with E-state index in [0.29, 0.717) is 12.1 Å². The molecule has 1 heterocycles. The van der Waals surface area contributed by atoms with Gasteiger partial charge in [0.25, 0.3) is 0 Å². The van der Waals surface area contributed by atoms with Gasteiger partial charge in [0.05, 0.1) is 12.6 Å². The van der Waals surface area contributed by atoms with Gasteiger partial charge in [-0.1, -0.05) is 12.1 Å². The van der Waals surface area contributed by atoms with Crippen LogP contribution in [0.2, 0.25) is 0 Å². The van der Waals surface area contributed by atoms with Gasteiger partial charge in [-0.3, -0.25) is 9.59 Å². The molecule has 1 aromatic rings. The van der Waals surface area contributed by atoms with Crippen molar-refractivity contribution in [3.8, 4) is 0 Å².